The minimum atomic E-state index is 0.208. The molecule has 2 N–H and O–H groups in total. The van der Waals surface area contributed by atoms with Gasteiger partial charge in [0.1, 0.15) is 5.82 Å². The first-order chi connectivity index (χ1) is 5.15. The van der Waals surface area contributed by atoms with Gasteiger partial charge in [-0.3, -0.25) is 4.68 Å². The van der Waals surface area contributed by atoms with Crippen molar-refractivity contribution in [3.05, 3.63) is 11.1 Å². The van der Waals surface area contributed by atoms with E-state index in [9.17, 15) is 0 Å². The lowest BCUT2D eigenvalue weighted by Gasteiger charge is -2.05. The predicted octanol–water partition coefficient (Wildman–Crippen LogP) is 0.531. The predicted molar refractivity (Wildman–Crippen MR) is 43.5 cm³/mol. The Hall–Kier alpha value is -0.610. The number of nitrogens with two attached hydrogens (primary N) is 1. The molecule has 5 heteroatoms. The summed E-state index contributed by atoms with van der Waals surface area (Å²) in [6.07, 6.45) is 0. The maximum Gasteiger partial charge on any atom is 0.242 e. The quantitative estimate of drug-likeness (QED) is 0.712. The fourth-order valence-corrected chi connectivity index (χ4v) is 1.10. The summed E-state index contributed by atoms with van der Waals surface area (Å²) in [6, 6.07) is 0. The standard InChI is InChI=1S/C6H11ClN4/c1-4(3-8)5-9-6(7)10-11(5)2/h4H,3,8H2,1-2H3. The van der Waals surface area contributed by atoms with Crippen LogP contribution in [0.3, 0.4) is 0 Å². The molecule has 1 unspecified atom stereocenters. The zero-order valence-electron chi connectivity index (χ0n) is 6.58. The van der Waals surface area contributed by atoms with Crippen LogP contribution >= 0.6 is 11.6 Å². The van der Waals surface area contributed by atoms with E-state index in [1.165, 1.54) is 0 Å². The maximum absolute atomic E-state index is 5.58. The summed E-state index contributed by atoms with van der Waals surface area (Å²) in [7, 11) is 1.81. The Morgan fingerprint density at radius 2 is 2.36 bits per heavy atom. The van der Waals surface area contributed by atoms with Crippen molar-refractivity contribution in [1.82, 2.24) is 14.8 Å². The van der Waals surface area contributed by atoms with Gasteiger partial charge in [0, 0.05) is 19.5 Å². The average molecular weight is 175 g/mol. The van der Waals surface area contributed by atoms with Gasteiger partial charge < -0.3 is 5.73 Å². The van der Waals surface area contributed by atoms with E-state index >= 15 is 0 Å². The fourth-order valence-electron chi connectivity index (χ4n) is 0.899. The number of halogens is 1. The zero-order chi connectivity index (χ0) is 8.43. The Morgan fingerprint density at radius 3 is 2.73 bits per heavy atom. The summed E-state index contributed by atoms with van der Waals surface area (Å²) < 4.78 is 1.65. The van der Waals surface area contributed by atoms with E-state index in [4.69, 9.17) is 17.3 Å². The highest BCUT2D eigenvalue weighted by Crippen LogP contribution is 2.11. The van der Waals surface area contributed by atoms with E-state index < -0.39 is 0 Å². The molecule has 0 saturated carbocycles. The second-order valence-corrected chi connectivity index (χ2v) is 2.84. The lowest BCUT2D eigenvalue weighted by atomic mass is 10.2. The van der Waals surface area contributed by atoms with Crippen LogP contribution < -0.4 is 5.73 Å². The Morgan fingerprint density at radius 1 is 1.73 bits per heavy atom. The summed E-state index contributed by atoms with van der Waals surface area (Å²) in [5.41, 5.74) is 5.46. The maximum atomic E-state index is 5.58. The van der Waals surface area contributed by atoms with Crippen LogP contribution in [0.1, 0.15) is 18.7 Å². The average Bonchev–Trinajstić information content (AvgIpc) is 2.28. The van der Waals surface area contributed by atoms with Crippen LogP contribution in [0.15, 0.2) is 0 Å². The van der Waals surface area contributed by atoms with Gasteiger partial charge >= 0.3 is 0 Å². The van der Waals surface area contributed by atoms with Crippen molar-refractivity contribution in [2.75, 3.05) is 6.54 Å². The molecule has 1 aromatic rings. The van der Waals surface area contributed by atoms with Crippen LogP contribution in [0.25, 0.3) is 0 Å². The molecule has 0 aliphatic rings. The molecule has 0 bridgehead atoms. The lowest BCUT2D eigenvalue weighted by molar-refractivity contribution is 0.628. The third-order valence-corrected chi connectivity index (χ3v) is 1.73. The van der Waals surface area contributed by atoms with Gasteiger partial charge in [-0.15, -0.1) is 5.10 Å². The van der Waals surface area contributed by atoms with E-state index in [0.717, 1.165) is 5.82 Å². The smallest absolute Gasteiger partial charge is 0.242 e. The zero-order valence-corrected chi connectivity index (χ0v) is 7.34. The van der Waals surface area contributed by atoms with E-state index in [0.29, 0.717) is 6.54 Å². The molecule has 11 heavy (non-hydrogen) atoms. The molecule has 1 heterocycles. The monoisotopic (exact) mass is 174 g/mol. The van der Waals surface area contributed by atoms with Gasteiger partial charge in [-0.05, 0) is 11.6 Å². The van der Waals surface area contributed by atoms with Gasteiger partial charge in [0.05, 0.1) is 0 Å². The molecule has 0 spiro atoms. The molecular formula is C6H11ClN4. The minimum Gasteiger partial charge on any atom is -0.330 e. The molecule has 62 valence electrons. The number of rotatable bonds is 2. The van der Waals surface area contributed by atoms with E-state index in [-0.39, 0.29) is 11.2 Å². The van der Waals surface area contributed by atoms with Crippen molar-refractivity contribution in [2.24, 2.45) is 12.8 Å². The Labute approximate surface area is 70.4 Å². The first kappa shape index (κ1) is 8.49. The number of aromatic nitrogens is 3. The number of aryl methyl sites for hydroxylation is 1. The third kappa shape index (κ3) is 1.70. The molecule has 0 aliphatic carbocycles. The molecule has 0 radical (unpaired) electrons. The molecule has 1 rings (SSSR count). The summed E-state index contributed by atoms with van der Waals surface area (Å²) in [6.45, 7) is 2.54. The van der Waals surface area contributed by atoms with Gasteiger partial charge in [0.25, 0.3) is 0 Å². The Kier molecular flexibility index (Phi) is 2.46. The van der Waals surface area contributed by atoms with Gasteiger partial charge in [-0.2, -0.15) is 0 Å². The van der Waals surface area contributed by atoms with Crippen LogP contribution in [0.2, 0.25) is 5.28 Å². The van der Waals surface area contributed by atoms with Crippen LogP contribution in [0.5, 0.6) is 0 Å². The van der Waals surface area contributed by atoms with Crippen molar-refractivity contribution in [3.8, 4) is 0 Å². The Balaban J connectivity index is 2.93. The fraction of sp³-hybridized carbons (Fsp3) is 0.667. The van der Waals surface area contributed by atoms with Crippen molar-refractivity contribution in [2.45, 2.75) is 12.8 Å². The third-order valence-electron chi connectivity index (χ3n) is 1.57. The molecule has 0 aromatic carbocycles. The Bertz CT molecular complexity index is 245. The van der Waals surface area contributed by atoms with Crippen molar-refractivity contribution < 1.29 is 0 Å². The van der Waals surface area contributed by atoms with Crippen LogP contribution in [-0.4, -0.2) is 21.3 Å². The first-order valence-electron chi connectivity index (χ1n) is 3.41. The molecule has 4 nitrogen and oxygen atoms in total. The highest BCUT2D eigenvalue weighted by Gasteiger charge is 2.11. The van der Waals surface area contributed by atoms with Gasteiger partial charge in [0.2, 0.25) is 5.28 Å². The lowest BCUT2D eigenvalue weighted by Crippen LogP contribution is -2.13. The van der Waals surface area contributed by atoms with Crippen LogP contribution in [0, 0.1) is 0 Å². The first-order valence-corrected chi connectivity index (χ1v) is 3.79. The van der Waals surface area contributed by atoms with Crippen molar-refractivity contribution >= 4 is 11.6 Å². The highest BCUT2D eigenvalue weighted by molar-refractivity contribution is 6.28. The largest absolute Gasteiger partial charge is 0.330 e. The topological polar surface area (TPSA) is 56.7 Å². The molecule has 0 saturated heterocycles. The molecule has 0 fully saturated rings. The number of hydrogen-bond donors (Lipinski definition) is 1. The number of nitrogens with zero attached hydrogens (tertiary/aromatic N) is 3. The normalized spacial score (nSPS) is 13.5. The second-order valence-electron chi connectivity index (χ2n) is 2.50. The van der Waals surface area contributed by atoms with E-state index in [1.54, 1.807) is 11.7 Å². The SMILES string of the molecule is CC(CN)c1nc(Cl)nn1C. The summed E-state index contributed by atoms with van der Waals surface area (Å²) in [5, 5.41) is 4.18. The van der Waals surface area contributed by atoms with Gasteiger partial charge in [-0.25, -0.2) is 4.98 Å². The van der Waals surface area contributed by atoms with Crippen LogP contribution in [-0.2, 0) is 7.05 Å². The second kappa shape index (κ2) is 3.19. The van der Waals surface area contributed by atoms with Crippen molar-refractivity contribution in [1.29, 1.82) is 0 Å². The molecule has 1 aromatic heterocycles. The summed E-state index contributed by atoms with van der Waals surface area (Å²) in [5.74, 6) is 1.04. The van der Waals surface area contributed by atoms with Crippen molar-refractivity contribution in [3.63, 3.8) is 0 Å². The van der Waals surface area contributed by atoms with E-state index in [1.807, 2.05) is 6.92 Å². The van der Waals surface area contributed by atoms with Gasteiger partial charge in [-0.1, -0.05) is 6.92 Å². The molecule has 1 atom stereocenters. The van der Waals surface area contributed by atoms with E-state index in [2.05, 4.69) is 10.1 Å². The summed E-state index contributed by atoms with van der Waals surface area (Å²) in [4.78, 5) is 4.02. The summed E-state index contributed by atoms with van der Waals surface area (Å²) >= 11 is 5.58. The number of hydrogen-bond acceptors (Lipinski definition) is 3. The highest BCUT2D eigenvalue weighted by atomic mass is 35.5. The molecule has 0 amide bonds. The molecular weight excluding hydrogens is 164 g/mol. The van der Waals surface area contributed by atoms with Gasteiger partial charge in [0.15, 0.2) is 0 Å². The van der Waals surface area contributed by atoms with Crippen LogP contribution in [0.4, 0.5) is 0 Å². The minimum absolute atomic E-state index is 0.208. The molecule has 0 aliphatic heterocycles.